The molecule has 1 N–H and O–H groups in total. The van der Waals surface area contributed by atoms with E-state index in [2.05, 4.69) is 27.2 Å². The number of aryl methyl sites for hydroxylation is 1. The Morgan fingerprint density at radius 2 is 1.83 bits per heavy atom. The molecule has 3 aromatic heterocycles. The number of aromatic nitrogens is 6. The minimum absolute atomic E-state index is 0.116. The van der Waals surface area contributed by atoms with Gasteiger partial charge in [0.1, 0.15) is 0 Å². The number of hydrogen-bond acceptors (Lipinski definition) is 6. The van der Waals surface area contributed by atoms with Gasteiger partial charge in [0.25, 0.3) is 5.56 Å². The molecule has 0 spiro atoms. The number of para-hydroxylation sites is 2. The number of nitrogens with zero attached hydrogens (tertiary/aromatic N) is 6. The number of nitrogens with one attached hydrogen (secondary N) is 1. The van der Waals surface area contributed by atoms with E-state index in [1.165, 1.54) is 16.3 Å². The number of carbonyl (C=O) groups is 1. The fourth-order valence-corrected chi connectivity index (χ4v) is 4.81. The van der Waals surface area contributed by atoms with Gasteiger partial charge < -0.3 is 5.32 Å². The summed E-state index contributed by atoms with van der Waals surface area (Å²) in [7, 11) is 0. The van der Waals surface area contributed by atoms with E-state index in [4.69, 9.17) is 0 Å². The van der Waals surface area contributed by atoms with E-state index in [1.54, 1.807) is 12.1 Å². The fourth-order valence-electron chi connectivity index (χ4n) is 4.07. The molecule has 2 aromatic carbocycles. The number of rotatable bonds is 7. The normalized spacial score (nSPS) is 11.3. The largest absolute Gasteiger partial charge is 0.322 e. The zero-order chi connectivity index (χ0) is 24.5. The molecule has 5 rings (SSSR count). The quantitative estimate of drug-likeness (QED) is 0.278. The van der Waals surface area contributed by atoms with Crippen LogP contribution in [0.5, 0.6) is 0 Å². The fraction of sp³-hybridized carbons (Fsp3) is 0.160. The number of benzene rings is 2. The van der Waals surface area contributed by atoms with Crippen LogP contribution in [-0.2, 0) is 11.3 Å². The SMILES string of the molecule is C=CCn1c(=O)c2ccccc2n2c(SCC(=O)Nc3c(C)nn(-c4ccccc4)c3C)nnc12. The molecule has 0 fully saturated rings. The summed E-state index contributed by atoms with van der Waals surface area (Å²) in [5.74, 6) is 0.340. The zero-order valence-electron chi connectivity index (χ0n) is 19.3. The van der Waals surface area contributed by atoms with Crippen LogP contribution in [0.4, 0.5) is 5.69 Å². The first-order valence-corrected chi connectivity index (χ1v) is 12.0. The van der Waals surface area contributed by atoms with Crippen molar-refractivity contribution in [3.8, 4) is 5.69 Å². The van der Waals surface area contributed by atoms with Gasteiger partial charge in [-0.25, -0.2) is 4.68 Å². The number of anilines is 1. The van der Waals surface area contributed by atoms with Crippen molar-refractivity contribution in [2.75, 3.05) is 11.1 Å². The molecular formula is C25H23N7O2S. The van der Waals surface area contributed by atoms with E-state index in [0.29, 0.717) is 34.1 Å². The molecule has 35 heavy (non-hydrogen) atoms. The molecule has 0 saturated carbocycles. The molecular weight excluding hydrogens is 462 g/mol. The summed E-state index contributed by atoms with van der Waals surface area (Å²) in [5.41, 5.74) is 3.73. The summed E-state index contributed by atoms with van der Waals surface area (Å²) in [4.78, 5) is 25.8. The summed E-state index contributed by atoms with van der Waals surface area (Å²) in [6.45, 7) is 7.84. The number of amides is 1. The Labute approximate surface area is 205 Å². The van der Waals surface area contributed by atoms with E-state index in [1.807, 2.05) is 71.5 Å². The van der Waals surface area contributed by atoms with Gasteiger partial charge in [-0.05, 0) is 38.1 Å². The van der Waals surface area contributed by atoms with Gasteiger partial charge in [-0.3, -0.25) is 18.6 Å². The lowest BCUT2D eigenvalue weighted by Crippen LogP contribution is -2.22. The number of hydrogen-bond donors (Lipinski definition) is 1. The first-order valence-electron chi connectivity index (χ1n) is 11.0. The Morgan fingerprint density at radius 1 is 1.09 bits per heavy atom. The molecule has 5 aromatic rings. The highest BCUT2D eigenvalue weighted by Crippen LogP contribution is 2.25. The summed E-state index contributed by atoms with van der Waals surface area (Å²) in [6, 6.07) is 17.1. The maximum atomic E-state index is 12.9. The maximum Gasteiger partial charge on any atom is 0.263 e. The van der Waals surface area contributed by atoms with Gasteiger partial charge in [0, 0.05) is 6.54 Å². The van der Waals surface area contributed by atoms with Crippen LogP contribution >= 0.6 is 11.8 Å². The van der Waals surface area contributed by atoms with Gasteiger partial charge >= 0.3 is 0 Å². The predicted molar refractivity (Wildman–Crippen MR) is 137 cm³/mol. The average Bonchev–Trinajstić information content (AvgIpc) is 3.42. The molecule has 0 unspecified atom stereocenters. The molecule has 10 heteroatoms. The highest BCUT2D eigenvalue weighted by Gasteiger charge is 2.19. The molecule has 0 radical (unpaired) electrons. The van der Waals surface area contributed by atoms with Crippen LogP contribution in [0.2, 0.25) is 0 Å². The molecule has 0 aliphatic heterocycles. The lowest BCUT2D eigenvalue weighted by atomic mass is 10.2. The molecule has 0 aliphatic rings. The van der Waals surface area contributed by atoms with Crippen LogP contribution in [-0.4, -0.2) is 40.6 Å². The van der Waals surface area contributed by atoms with Crippen molar-refractivity contribution in [1.82, 2.24) is 28.9 Å². The third kappa shape index (κ3) is 4.01. The molecule has 0 atom stereocenters. The van der Waals surface area contributed by atoms with Gasteiger partial charge in [0.05, 0.1) is 39.4 Å². The first-order chi connectivity index (χ1) is 17.0. The number of allylic oxidation sites excluding steroid dienone is 1. The molecule has 176 valence electrons. The minimum atomic E-state index is -0.186. The van der Waals surface area contributed by atoms with Crippen molar-refractivity contribution in [3.05, 3.63) is 89.0 Å². The van der Waals surface area contributed by atoms with Crippen molar-refractivity contribution < 1.29 is 4.79 Å². The van der Waals surface area contributed by atoms with Gasteiger partial charge in [0.15, 0.2) is 5.16 Å². The van der Waals surface area contributed by atoms with E-state index in [0.717, 1.165) is 17.1 Å². The van der Waals surface area contributed by atoms with Crippen molar-refractivity contribution in [3.63, 3.8) is 0 Å². The molecule has 3 heterocycles. The third-order valence-electron chi connectivity index (χ3n) is 5.68. The lowest BCUT2D eigenvalue weighted by molar-refractivity contribution is -0.113. The highest BCUT2D eigenvalue weighted by molar-refractivity contribution is 7.99. The third-order valence-corrected chi connectivity index (χ3v) is 6.61. The Morgan fingerprint density at radius 3 is 2.60 bits per heavy atom. The Kier molecular flexibility index (Phi) is 5.96. The van der Waals surface area contributed by atoms with E-state index in [-0.39, 0.29) is 17.2 Å². The minimum Gasteiger partial charge on any atom is -0.322 e. The molecule has 0 aliphatic carbocycles. The van der Waals surface area contributed by atoms with Gasteiger partial charge in [0.2, 0.25) is 11.7 Å². The van der Waals surface area contributed by atoms with Crippen LogP contribution in [0.25, 0.3) is 22.4 Å². The summed E-state index contributed by atoms with van der Waals surface area (Å²) in [6.07, 6.45) is 1.64. The van der Waals surface area contributed by atoms with E-state index in [9.17, 15) is 9.59 Å². The zero-order valence-corrected chi connectivity index (χ0v) is 20.1. The van der Waals surface area contributed by atoms with Crippen LogP contribution in [0.15, 0.2) is 77.2 Å². The van der Waals surface area contributed by atoms with Gasteiger partial charge in [-0.2, -0.15) is 5.10 Å². The van der Waals surface area contributed by atoms with Gasteiger partial charge in [-0.15, -0.1) is 16.8 Å². The summed E-state index contributed by atoms with van der Waals surface area (Å²) >= 11 is 1.26. The Bertz CT molecular complexity index is 1630. The number of thioether (sulfide) groups is 1. The smallest absolute Gasteiger partial charge is 0.263 e. The second-order valence-electron chi connectivity index (χ2n) is 7.97. The van der Waals surface area contributed by atoms with Crippen LogP contribution in [0, 0.1) is 13.8 Å². The number of carbonyl (C=O) groups excluding carboxylic acids is 1. The summed E-state index contributed by atoms with van der Waals surface area (Å²) in [5, 5.41) is 17.2. The highest BCUT2D eigenvalue weighted by atomic mass is 32.2. The van der Waals surface area contributed by atoms with E-state index < -0.39 is 0 Å². The van der Waals surface area contributed by atoms with E-state index >= 15 is 0 Å². The van der Waals surface area contributed by atoms with Crippen molar-refractivity contribution in [1.29, 1.82) is 0 Å². The van der Waals surface area contributed by atoms with Crippen molar-refractivity contribution >= 4 is 40.0 Å². The second-order valence-corrected chi connectivity index (χ2v) is 8.91. The summed E-state index contributed by atoms with van der Waals surface area (Å²) < 4.78 is 5.15. The molecule has 9 nitrogen and oxygen atoms in total. The van der Waals surface area contributed by atoms with Crippen molar-refractivity contribution in [2.45, 2.75) is 25.5 Å². The maximum absolute atomic E-state index is 12.9. The topological polar surface area (TPSA) is 99.1 Å². The van der Waals surface area contributed by atoms with Crippen LogP contribution in [0.1, 0.15) is 11.4 Å². The standard InChI is InChI=1S/C25H23N7O2S/c1-4-14-30-23(34)19-12-8-9-13-20(19)31-24(30)27-28-25(31)35-15-21(33)26-22-16(2)29-32(17(22)3)18-10-6-5-7-11-18/h4-13H,1,14-15H2,2-3H3,(H,26,33). The predicted octanol–water partition coefficient (Wildman–Crippen LogP) is 3.76. The molecule has 0 saturated heterocycles. The van der Waals surface area contributed by atoms with Crippen LogP contribution < -0.4 is 10.9 Å². The molecule has 0 bridgehead atoms. The van der Waals surface area contributed by atoms with Gasteiger partial charge in [-0.1, -0.05) is 48.2 Å². The second kappa shape index (κ2) is 9.22. The Balaban J connectivity index is 1.42. The average molecular weight is 486 g/mol. The monoisotopic (exact) mass is 485 g/mol. The van der Waals surface area contributed by atoms with Crippen molar-refractivity contribution in [2.24, 2.45) is 0 Å². The lowest BCUT2D eigenvalue weighted by Gasteiger charge is -2.10. The first kappa shape index (κ1) is 22.6. The number of fused-ring (bicyclic) bond motifs is 3. The molecule has 1 amide bonds. The Hall–Kier alpha value is -4.18. The van der Waals surface area contributed by atoms with Crippen LogP contribution in [0.3, 0.4) is 0 Å².